The summed E-state index contributed by atoms with van der Waals surface area (Å²) in [5.41, 5.74) is 1.83. The molecule has 4 heterocycles. The maximum absolute atomic E-state index is 11.6. The zero-order chi connectivity index (χ0) is 25.8. The molecule has 1 N–H and O–H groups in total. The van der Waals surface area contributed by atoms with Gasteiger partial charge in [-0.25, -0.2) is 9.97 Å². The molecular weight excluding hydrogens is 526 g/mol. The fourth-order valence-electron chi connectivity index (χ4n) is 4.13. The van der Waals surface area contributed by atoms with Gasteiger partial charge < -0.3 is 15.0 Å². The third kappa shape index (κ3) is 6.23. The summed E-state index contributed by atoms with van der Waals surface area (Å²) in [6, 6.07) is 13.4. The molecule has 1 aliphatic rings. The van der Waals surface area contributed by atoms with Crippen LogP contribution in [0.2, 0.25) is 5.02 Å². The van der Waals surface area contributed by atoms with Crippen LogP contribution < -0.4 is 10.1 Å². The van der Waals surface area contributed by atoms with Crippen LogP contribution in [0, 0.1) is 6.92 Å². The van der Waals surface area contributed by atoms with Gasteiger partial charge in [0, 0.05) is 59.6 Å². The number of pyridine rings is 2. The standard InChI is InChI=1S/C27H26ClN5O2S2/c1-17-23(7-5-11-29-17)35-24-14-20(37-25-8-4-3-6-21(25)28)15-30-26(24)32-27-31-22(16-36-27)19-9-12-33(13-10-19)18(2)34/h3-8,11,14-16,19H,9-10,12-13H2,1-2H3,(H,30,31,32). The topological polar surface area (TPSA) is 80.2 Å². The summed E-state index contributed by atoms with van der Waals surface area (Å²) in [5.74, 6) is 2.28. The number of anilines is 2. The predicted molar refractivity (Wildman–Crippen MR) is 148 cm³/mol. The average Bonchev–Trinajstić information content (AvgIpc) is 3.37. The number of hydrogen-bond donors (Lipinski definition) is 1. The van der Waals surface area contributed by atoms with Crippen molar-refractivity contribution in [1.82, 2.24) is 19.9 Å². The molecule has 3 aromatic heterocycles. The number of nitrogens with one attached hydrogen (secondary N) is 1. The van der Waals surface area contributed by atoms with Crippen molar-refractivity contribution in [2.24, 2.45) is 0 Å². The van der Waals surface area contributed by atoms with Crippen molar-refractivity contribution in [1.29, 1.82) is 0 Å². The number of likely N-dealkylation sites (tertiary alicyclic amines) is 1. The van der Waals surface area contributed by atoms with Crippen molar-refractivity contribution in [3.05, 3.63) is 76.6 Å². The molecule has 7 nitrogen and oxygen atoms in total. The van der Waals surface area contributed by atoms with Gasteiger partial charge in [0.2, 0.25) is 5.91 Å². The summed E-state index contributed by atoms with van der Waals surface area (Å²) in [6.07, 6.45) is 5.37. The fraction of sp³-hybridized carbons (Fsp3) is 0.259. The molecule has 1 aliphatic heterocycles. The summed E-state index contributed by atoms with van der Waals surface area (Å²) in [7, 11) is 0. The lowest BCUT2D eigenvalue weighted by Crippen LogP contribution is -2.36. The maximum atomic E-state index is 11.6. The fourth-order valence-corrected chi connectivity index (χ4v) is 6.01. The summed E-state index contributed by atoms with van der Waals surface area (Å²) >= 11 is 9.44. The molecule has 1 aromatic carbocycles. The van der Waals surface area contributed by atoms with Gasteiger partial charge in [0.15, 0.2) is 16.7 Å². The normalized spacial score (nSPS) is 14.0. The van der Waals surface area contributed by atoms with E-state index in [1.807, 2.05) is 54.3 Å². The van der Waals surface area contributed by atoms with Crippen LogP contribution in [0.4, 0.5) is 10.9 Å². The van der Waals surface area contributed by atoms with Crippen LogP contribution in [-0.2, 0) is 4.79 Å². The number of piperidine rings is 1. The number of rotatable bonds is 7. The molecule has 0 saturated carbocycles. The number of carbonyl (C=O) groups is 1. The zero-order valence-corrected chi connectivity index (χ0v) is 22.9. The maximum Gasteiger partial charge on any atom is 0.219 e. The predicted octanol–water partition coefficient (Wildman–Crippen LogP) is 7.31. The zero-order valence-electron chi connectivity index (χ0n) is 20.5. The van der Waals surface area contributed by atoms with E-state index in [0.29, 0.717) is 28.3 Å². The van der Waals surface area contributed by atoms with Gasteiger partial charge in [-0.05, 0) is 44.0 Å². The van der Waals surface area contributed by atoms with Crippen LogP contribution in [-0.4, -0.2) is 38.8 Å². The molecule has 0 aliphatic carbocycles. The highest BCUT2D eigenvalue weighted by molar-refractivity contribution is 7.99. The third-order valence-corrected chi connectivity index (χ3v) is 8.43. The van der Waals surface area contributed by atoms with Gasteiger partial charge in [0.1, 0.15) is 5.75 Å². The molecule has 0 bridgehead atoms. The quantitative estimate of drug-likeness (QED) is 0.258. The first kappa shape index (κ1) is 25.5. The van der Waals surface area contributed by atoms with Crippen molar-refractivity contribution >= 4 is 51.6 Å². The number of aryl methyl sites for hydroxylation is 1. The van der Waals surface area contributed by atoms with Crippen molar-refractivity contribution in [3.63, 3.8) is 0 Å². The summed E-state index contributed by atoms with van der Waals surface area (Å²) in [5, 5.41) is 6.87. The van der Waals surface area contributed by atoms with Gasteiger partial charge in [-0.2, -0.15) is 0 Å². The molecule has 4 aromatic rings. The second-order valence-electron chi connectivity index (χ2n) is 8.72. The largest absolute Gasteiger partial charge is 0.452 e. The van der Waals surface area contributed by atoms with E-state index in [4.69, 9.17) is 21.3 Å². The number of aromatic nitrogens is 3. The molecule has 37 heavy (non-hydrogen) atoms. The van der Waals surface area contributed by atoms with Crippen LogP contribution in [0.5, 0.6) is 11.5 Å². The van der Waals surface area contributed by atoms with E-state index in [2.05, 4.69) is 20.7 Å². The molecule has 1 fully saturated rings. The van der Waals surface area contributed by atoms with E-state index in [0.717, 1.165) is 52.2 Å². The number of hydrogen-bond acceptors (Lipinski definition) is 8. The first-order valence-electron chi connectivity index (χ1n) is 12.0. The van der Waals surface area contributed by atoms with Crippen LogP contribution in [0.3, 0.4) is 0 Å². The smallest absolute Gasteiger partial charge is 0.219 e. The van der Waals surface area contributed by atoms with E-state index < -0.39 is 0 Å². The summed E-state index contributed by atoms with van der Waals surface area (Å²) in [6.45, 7) is 5.08. The summed E-state index contributed by atoms with van der Waals surface area (Å²) < 4.78 is 6.28. The van der Waals surface area contributed by atoms with Crippen LogP contribution in [0.15, 0.2) is 70.0 Å². The molecule has 0 radical (unpaired) electrons. The number of thiazole rings is 1. The molecule has 5 rings (SSSR count). The summed E-state index contributed by atoms with van der Waals surface area (Å²) in [4.78, 5) is 29.2. The Morgan fingerprint density at radius 1 is 1.16 bits per heavy atom. The highest BCUT2D eigenvalue weighted by Gasteiger charge is 2.24. The highest BCUT2D eigenvalue weighted by Crippen LogP contribution is 2.39. The molecule has 10 heteroatoms. The lowest BCUT2D eigenvalue weighted by molar-refractivity contribution is -0.129. The number of nitrogens with zero attached hydrogens (tertiary/aromatic N) is 4. The van der Waals surface area contributed by atoms with Crippen molar-refractivity contribution < 1.29 is 9.53 Å². The first-order chi connectivity index (χ1) is 18.0. The van der Waals surface area contributed by atoms with E-state index in [9.17, 15) is 4.79 Å². The van der Waals surface area contributed by atoms with Crippen molar-refractivity contribution in [2.45, 2.75) is 42.4 Å². The Hall–Kier alpha value is -3.14. The molecule has 190 valence electrons. The minimum atomic E-state index is 0.137. The number of ether oxygens (including phenoxy) is 1. The van der Waals surface area contributed by atoms with Gasteiger partial charge in [0.05, 0.1) is 16.4 Å². The van der Waals surface area contributed by atoms with E-state index in [-0.39, 0.29) is 5.91 Å². The first-order valence-corrected chi connectivity index (χ1v) is 14.0. The lowest BCUT2D eigenvalue weighted by Gasteiger charge is -2.30. The Balaban J connectivity index is 1.38. The minimum Gasteiger partial charge on any atom is -0.452 e. The number of benzene rings is 1. The molecule has 0 spiro atoms. The number of halogens is 1. The van der Waals surface area contributed by atoms with Gasteiger partial charge >= 0.3 is 0 Å². The highest BCUT2D eigenvalue weighted by atomic mass is 35.5. The Morgan fingerprint density at radius 3 is 2.73 bits per heavy atom. The number of carbonyl (C=O) groups excluding carboxylic acids is 1. The van der Waals surface area contributed by atoms with Crippen LogP contribution in [0.1, 0.15) is 37.1 Å². The SMILES string of the molecule is CC(=O)N1CCC(c2csc(Nc3ncc(Sc4ccccc4Cl)cc3Oc3cccnc3C)n2)CC1. The molecule has 0 atom stereocenters. The molecule has 0 unspecified atom stereocenters. The minimum absolute atomic E-state index is 0.137. The monoisotopic (exact) mass is 551 g/mol. The van der Waals surface area contributed by atoms with E-state index >= 15 is 0 Å². The van der Waals surface area contributed by atoms with Gasteiger partial charge in [-0.3, -0.25) is 9.78 Å². The Kier molecular flexibility index (Phi) is 7.93. The average molecular weight is 552 g/mol. The van der Waals surface area contributed by atoms with Gasteiger partial charge in [-0.15, -0.1) is 11.3 Å². The van der Waals surface area contributed by atoms with E-state index in [1.165, 1.54) is 23.1 Å². The number of amides is 1. The van der Waals surface area contributed by atoms with Crippen molar-refractivity contribution in [2.75, 3.05) is 18.4 Å². The molecular formula is C27H26ClN5O2S2. The Bertz CT molecular complexity index is 1410. The van der Waals surface area contributed by atoms with Crippen molar-refractivity contribution in [3.8, 4) is 11.5 Å². The third-order valence-electron chi connectivity index (χ3n) is 6.18. The lowest BCUT2D eigenvalue weighted by atomic mass is 9.94. The Morgan fingerprint density at radius 2 is 1.97 bits per heavy atom. The molecule has 1 saturated heterocycles. The van der Waals surface area contributed by atoms with Crippen LogP contribution in [0.25, 0.3) is 0 Å². The Labute approximate surface area is 229 Å². The van der Waals surface area contributed by atoms with E-state index in [1.54, 1.807) is 19.3 Å². The second kappa shape index (κ2) is 11.5. The molecule has 1 amide bonds. The van der Waals surface area contributed by atoms with Gasteiger partial charge in [0.25, 0.3) is 0 Å². The van der Waals surface area contributed by atoms with Gasteiger partial charge in [-0.1, -0.05) is 35.5 Å². The second-order valence-corrected chi connectivity index (χ2v) is 11.1. The van der Waals surface area contributed by atoms with Crippen LogP contribution >= 0.6 is 34.7 Å².